The van der Waals surface area contributed by atoms with Crippen LogP contribution in [-0.2, 0) is 19.1 Å². The number of methoxy groups -OCH3 is 1. The number of aliphatic hydroxyl groups excluding tert-OH is 1. The minimum Gasteiger partial charge on any atom is -0.491 e. The monoisotopic (exact) mass is 596 g/mol. The number of unbranched alkanes of at least 4 members (excludes halogenated alkanes) is 1. The molecule has 2 unspecified atom stereocenters. The van der Waals surface area contributed by atoms with Gasteiger partial charge < -0.3 is 30.0 Å². The number of carbonyl (C=O) groups is 2. The summed E-state index contributed by atoms with van der Waals surface area (Å²) in [5.74, 6) is -2.95. The summed E-state index contributed by atoms with van der Waals surface area (Å²) in [7, 11) is 0.958. The highest BCUT2D eigenvalue weighted by molar-refractivity contribution is 6.31. The number of halogens is 4. The fraction of sp³-hybridized carbons (Fsp3) is 0.379. The molecule has 0 fully saturated rings. The van der Waals surface area contributed by atoms with Gasteiger partial charge in [0.2, 0.25) is 0 Å². The van der Waals surface area contributed by atoms with Crippen molar-refractivity contribution in [3.63, 3.8) is 0 Å². The molecule has 1 heterocycles. The van der Waals surface area contributed by atoms with Gasteiger partial charge in [0.25, 0.3) is 0 Å². The van der Waals surface area contributed by atoms with E-state index in [0.29, 0.717) is 31.7 Å². The maximum Gasteiger partial charge on any atom is 0.431 e. The van der Waals surface area contributed by atoms with E-state index in [1.54, 1.807) is 24.3 Å². The van der Waals surface area contributed by atoms with Crippen LogP contribution in [0.4, 0.5) is 13.2 Å². The van der Waals surface area contributed by atoms with Gasteiger partial charge in [-0.05, 0) is 50.1 Å². The van der Waals surface area contributed by atoms with Gasteiger partial charge in [0.05, 0.1) is 30.8 Å². The SMILES string of the molecule is COC(=O)C1=C(C(F)(F)F)NC(C)=C(C(=O)OCCCCNCC(O)COc2ccccc2)C1c1ccccc1Cl. The van der Waals surface area contributed by atoms with Gasteiger partial charge in [-0.2, -0.15) is 13.2 Å². The second-order valence-corrected chi connectivity index (χ2v) is 9.63. The number of nitrogens with one attached hydrogen (secondary N) is 2. The Morgan fingerprint density at radius 3 is 2.39 bits per heavy atom. The Morgan fingerprint density at radius 1 is 1.05 bits per heavy atom. The van der Waals surface area contributed by atoms with E-state index in [1.807, 2.05) is 18.2 Å². The number of carbonyl (C=O) groups excluding carboxylic acids is 2. The maximum absolute atomic E-state index is 14.0. The predicted molar refractivity (Wildman–Crippen MR) is 146 cm³/mol. The van der Waals surface area contributed by atoms with E-state index in [9.17, 15) is 27.9 Å². The molecule has 1 aliphatic heterocycles. The van der Waals surface area contributed by atoms with E-state index < -0.39 is 41.4 Å². The van der Waals surface area contributed by atoms with Crippen molar-refractivity contribution in [3.8, 4) is 5.75 Å². The molecule has 0 saturated carbocycles. The summed E-state index contributed by atoms with van der Waals surface area (Å²) in [6, 6.07) is 15.1. The van der Waals surface area contributed by atoms with Crippen molar-refractivity contribution in [2.24, 2.45) is 0 Å². The highest BCUT2D eigenvalue weighted by Crippen LogP contribution is 2.45. The van der Waals surface area contributed by atoms with Gasteiger partial charge in [0.1, 0.15) is 24.2 Å². The van der Waals surface area contributed by atoms with Crippen LogP contribution in [-0.4, -0.2) is 62.7 Å². The molecule has 2 atom stereocenters. The minimum atomic E-state index is -4.94. The third-order valence-electron chi connectivity index (χ3n) is 6.23. The standard InChI is InChI=1S/C29H32ClF3N2O6/c1-18-23(28(38)40-15-9-8-14-34-16-19(36)17-41-20-10-4-3-5-11-20)24(21-12-6-7-13-22(21)30)25(27(37)39-2)26(35-18)29(31,32)33/h3-7,10-13,19,24,34-36H,8-9,14-17H2,1-2H3. The zero-order valence-corrected chi connectivity index (χ0v) is 23.3. The second-order valence-electron chi connectivity index (χ2n) is 9.22. The molecule has 0 radical (unpaired) electrons. The Hall–Kier alpha value is -3.54. The lowest BCUT2D eigenvalue weighted by Crippen LogP contribution is -2.38. The first-order valence-electron chi connectivity index (χ1n) is 12.9. The fourth-order valence-corrected chi connectivity index (χ4v) is 4.55. The van der Waals surface area contributed by atoms with E-state index in [0.717, 1.165) is 7.11 Å². The van der Waals surface area contributed by atoms with Crippen LogP contribution in [0.1, 0.15) is 31.2 Å². The maximum atomic E-state index is 14.0. The lowest BCUT2D eigenvalue weighted by Gasteiger charge is -2.32. The molecular formula is C29H32ClF3N2O6. The van der Waals surface area contributed by atoms with Crippen LogP contribution in [0.15, 0.2) is 77.1 Å². The zero-order chi connectivity index (χ0) is 30.0. The Bertz CT molecular complexity index is 1270. The van der Waals surface area contributed by atoms with E-state index >= 15 is 0 Å². The molecule has 0 amide bonds. The molecule has 8 nitrogen and oxygen atoms in total. The topological polar surface area (TPSA) is 106 Å². The Kier molecular flexibility index (Phi) is 11.6. The van der Waals surface area contributed by atoms with Crippen LogP contribution in [0.2, 0.25) is 5.02 Å². The largest absolute Gasteiger partial charge is 0.491 e. The summed E-state index contributed by atoms with van der Waals surface area (Å²) >= 11 is 6.32. The van der Waals surface area contributed by atoms with Crippen molar-refractivity contribution in [1.29, 1.82) is 0 Å². The number of esters is 2. The average Bonchev–Trinajstić information content (AvgIpc) is 2.94. The Morgan fingerprint density at radius 2 is 1.73 bits per heavy atom. The molecule has 0 spiro atoms. The lowest BCUT2D eigenvalue weighted by atomic mass is 9.80. The van der Waals surface area contributed by atoms with Crippen molar-refractivity contribution in [2.45, 2.75) is 38.0 Å². The van der Waals surface area contributed by atoms with Gasteiger partial charge in [-0.3, -0.25) is 0 Å². The number of benzene rings is 2. The Labute approximate surface area is 241 Å². The van der Waals surface area contributed by atoms with Crippen LogP contribution >= 0.6 is 11.6 Å². The number of allylic oxidation sites excluding steroid dienone is 2. The summed E-state index contributed by atoms with van der Waals surface area (Å²) in [6.45, 7) is 2.23. The van der Waals surface area contributed by atoms with Crippen molar-refractivity contribution >= 4 is 23.5 Å². The number of alkyl halides is 3. The van der Waals surface area contributed by atoms with Gasteiger partial charge in [-0.15, -0.1) is 0 Å². The molecule has 2 aromatic rings. The van der Waals surface area contributed by atoms with Gasteiger partial charge in [0, 0.05) is 17.3 Å². The molecule has 0 aromatic heterocycles. The molecule has 222 valence electrons. The van der Waals surface area contributed by atoms with Crippen molar-refractivity contribution in [2.75, 3.05) is 33.4 Å². The summed E-state index contributed by atoms with van der Waals surface area (Å²) in [4.78, 5) is 25.8. The molecule has 12 heteroatoms. The first-order chi connectivity index (χ1) is 19.5. The number of ether oxygens (including phenoxy) is 3. The zero-order valence-electron chi connectivity index (χ0n) is 22.6. The van der Waals surface area contributed by atoms with Crippen LogP contribution in [0, 0.1) is 0 Å². The molecular weight excluding hydrogens is 565 g/mol. The normalized spacial score (nSPS) is 16.2. The summed E-state index contributed by atoms with van der Waals surface area (Å²) in [6.07, 6.45) is -4.62. The first-order valence-corrected chi connectivity index (χ1v) is 13.3. The highest BCUT2D eigenvalue weighted by atomic mass is 35.5. The molecule has 3 N–H and O–H groups in total. The first kappa shape index (κ1) is 32.0. The van der Waals surface area contributed by atoms with E-state index in [-0.39, 0.29) is 35.1 Å². The third kappa shape index (κ3) is 8.72. The molecule has 0 bridgehead atoms. The Balaban J connectivity index is 1.60. The molecule has 1 aliphatic rings. The number of rotatable bonds is 13. The number of dihydropyridines is 1. The summed E-state index contributed by atoms with van der Waals surface area (Å²) in [5.41, 5.74) is -2.28. The molecule has 0 aliphatic carbocycles. The van der Waals surface area contributed by atoms with Crippen LogP contribution < -0.4 is 15.4 Å². The number of aliphatic hydroxyl groups is 1. The third-order valence-corrected chi connectivity index (χ3v) is 6.58. The highest BCUT2D eigenvalue weighted by Gasteiger charge is 2.47. The van der Waals surface area contributed by atoms with Crippen molar-refractivity contribution in [3.05, 3.63) is 87.7 Å². The number of hydrogen-bond acceptors (Lipinski definition) is 8. The molecule has 2 aromatic carbocycles. The van der Waals surface area contributed by atoms with E-state index in [2.05, 4.69) is 15.4 Å². The quantitative estimate of drug-likeness (QED) is 0.227. The smallest absolute Gasteiger partial charge is 0.431 e. The van der Waals surface area contributed by atoms with Gasteiger partial charge in [-0.25, -0.2) is 9.59 Å². The molecule has 41 heavy (non-hydrogen) atoms. The second kappa shape index (κ2) is 14.9. The van der Waals surface area contributed by atoms with Crippen LogP contribution in [0.5, 0.6) is 5.75 Å². The minimum absolute atomic E-state index is 0.0182. The number of hydrogen-bond donors (Lipinski definition) is 3. The summed E-state index contributed by atoms with van der Waals surface area (Å²) < 4.78 is 57.5. The lowest BCUT2D eigenvalue weighted by molar-refractivity contribution is -0.140. The van der Waals surface area contributed by atoms with Crippen molar-refractivity contribution in [1.82, 2.24) is 10.6 Å². The summed E-state index contributed by atoms with van der Waals surface area (Å²) in [5, 5.41) is 15.4. The van der Waals surface area contributed by atoms with Gasteiger partial charge in [-0.1, -0.05) is 48.0 Å². The molecule has 0 saturated heterocycles. The molecule has 3 rings (SSSR count). The van der Waals surface area contributed by atoms with Crippen molar-refractivity contribution < 1.29 is 42.1 Å². The number of para-hydroxylation sites is 1. The van der Waals surface area contributed by atoms with Crippen LogP contribution in [0.3, 0.4) is 0 Å². The van der Waals surface area contributed by atoms with Crippen LogP contribution in [0.25, 0.3) is 0 Å². The van der Waals surface area contributed by atoms with Gasteiger partial charge >= 0.3 is 18.1 Å². The van der Waals surface area contributed by atoms with E-state index in [4.69, 9.17) is 21.1 Å². The predicted octanol–water partition coefficient (Wildman–Crippen LogP) is 4.64. The fourth-order valence-electron chi connectivity index (χ4n) is 4.30. The van der Waals surface area contributed by atoms with E-state index in [1.165, 1.54) is 19.1 Å². The average molecular weight is 597 g/mol. The van der Waals surface area contributed by atoms with Gasteiger partial charge in [0.15, 0.2) is 0 Å².